The largest absolute Gasteiger partial charge is 0.365 e. The van der Waals surface area contributed by atoms with Crippen LogP contribution in [0.15, 0.2) is 24.3 Å². The van der Waals surface area contributed by atoms with Gasteiger partial charge in [0.05, 0.1) is 5.54 Å². The van der Waals surface area contributed by atoms with E-state index >= 15 is 0 Å². The first-order chi connectivity index (χ1) is 9.11. The molecule has 1 fully saturated rings. The molecule has 2 heteroatoms. The van der Waals surface area contributed by atoms with Crippen LogP contribution in [0.3, 0.4) is 0 Å². The maximum Gasteiger partial charge on any atom is 0.0526 e. The number of aryl methyl sites for hydroxylation is 1. The van der Waals surface area contributed by atoms with Gasteiger partial charge in [-0.25, -0.2) is 0 Å². The van der Waals surface area contributed by atoms with E-state index in [-0.39, 0.29) is 5.54 Å². The molecule has 0 spiro atoms. The second-order valence-corrected chi connectivity index (χ2v) is 6.21. The van der Waals surface area contributed by atoms with E-state index in [2.05, 4.69) is 49.9 Å². The minimum absolute atomic E-state index is 0.167. The predicted molar refractivity (Wildman–Crippen MR) is 83.6 cm³/mol. The maximum absolute atomic E-state index is 6.21. The van der Waals surface area contributed by atoms with Gasteiger partial charge in [-0.2, -0.15) is 0 Å². The normalized spacial score (nSPS) is 27.3. The lowest BCUT2D eigenvalue weighted by Crippen LogP contribution is -2.56. The summed E-state index contributed by atoms with van der Waals surface area (Å²) in [7, 11) is 0. The topological polar surface area (TPSA) is 29.3 Å². The highest BCUT2D eigenvalue weighted by molar-refractivity contribution is 5.51. The van der Waals surface area contributed by atoms with Crippen LogP contribution in [0.25, 0.3) is 0 Å². The van der Waals surface area contributed by atoms with Gasteiger partial charge in [0.25, 0.3) is 0 Å². The average molecular weight is 260 g/mol. The second kappa shape index (κ2) is 5.96. The number of benzene rings is 1. The van der Waals surface area contributed by atoms with Crippen LogP contribution in [0.4, 0.5) is 5.69 Å². The van der Waals surface area contributed by atoms with E-state index in [0.29, 0.717) is 0 Å². The van der Waals surface area contributed by atoms with Gasteiger partial charge in [0.15, 0.2) is 0 Å². The third kappa shape index (κ3) is 2.94. The Bertz CT molecular complexity index is 415. The number of nitrogens with two attached hydrogens (primary N) is 1. The van der Waals surface area contributed by atoms with Gasteiger partial charge in [0.2, 0.25) is 0 Å². The summed E-state index contributed by atoms with van der Waals surface area (Å²) in [5, 5.41) is 0. The van der Waals surface area contributed by atoms with Crippen molar-refractivity contribution in [2.45, 2.75) is 52.0 Å². The molecule has 2 N–H and O–H groups in total. The highest BCUT2D eigenvalue weighted by Crippen LogP contribution is 2.38. The van der Waals surface area contributed by atoms with E-state index in [1.807, 2.05) is 0 Å². The number of likely N-dealkylation sites (N-methyl/N-ethyl adjacent to an activating group) is 1. The molecule has 2 nitrogen and oxygen atoms in total. The monoisotopic (exact) mass is 260 g/mol. The Morgan fingerprint density at radius 2 is 2.21 bits per heavy atom. The Morgan fingerprint density at radius 1 is 1.42 bits per heavy atom. The fraction of sp³-hybridized carbons (Fsp3) is 0.647. The molecule has 1 aliphatic rings. The molecule has 2 unspecified atom stereocenters. The van der Waals surface area contributed by atoms with Crippen LogP contribution in [0, 0.1) is 12.8 Å². The van der Waals surface area contributed by atoms with E-state index in [0.717, 1.165) is 19.0 Å². The standard InChI is InChI=1S/C17H28N2/c1-4-19(16-9-5-7-14(2)11-16)17(13-18)10-6-8-15(3)12-17/h5,7,9,11,15H,4,6,8,10,12-13,18H2,1-3H3. The van der Waals surface area contributed by atoms with Crippen LogP contribution < -0.4 is 10.6 Å². The van der Waals surface area contributed by atoms with Gasteiger partial charge in [-0.1, -0.05) is 31.9 Å². The Kier molecular flexibility index (Phi) is 4.51. The molecule has 2 atom stereocenters. The fourth-order valence-electron chi connectivity index (χ4n) is 3.76. The lowest BCUT2D eigenvalue weighted by molar-refractivity contribution is 0.229. The van der Waals surface area contributed by atoms with Crippen molar-refractivity contribution in [3.05, 3.63) is 29.8 Å². The molecule has 0 radical (unpaired) electrons. The molecule has 0 bridgehead atoms. The molecule has 0 amide bonds. The highest BCUT2D eigenvalue weighted by atomic mass is 15.2. The van der Waals surface area contributed by atoms with Crippen molar-refractivity contribution in [1.29, 1.82) is 0 Å². The van der Waals surface area contributed by atoms with Crippen molar-refractivity contribution >= 4 is 5.69 Å². The molecule has 2 rings (SSSR count). The van der Waals surface area contributed by atoms with Crippen molar-refractivity contribution in [2.24, 2.45) is 11.7 Å². The van der Waals surface area contributed by atoms with Crippen LogP contribution in [-0.4, -0.2) is 18.6 Å². The quantitative estimate of drug-likeness (QED) is 0.894. The number of hydrogen-bond acceptors (Lipinski definition) is 2. The first-order valence-corrected chi connectivity index (χ1v) is 7.65. The fourth-order valence-corrected chi connectivity index (χ4v) is 3.76. The van der Waals surface area contributed by atoms with Crippen LogP contribution in [0.2, 0.25) is 0 Å². The second-order valence-electron chi connectivity index (χ2n) is 6.21. The minimum Gasteiger partial charge on any atom is -0.365 e. The number of rotatable bonds is 4. The van der Waals surface area contributed by atoms with Crippen molar-refractivity contribution in [3.8, 4) is 0 Å². The molecular weight excluding hydrogens is 232 g/mol. The summed E-state index contributed by atoms with van der Waals surface area (Å²) in [5.74, 6) is 0.788. The van der Waals surface area contributed by atoms with E-state index in [9.17, 15) is 0 Å². The molecule has 0 saturated heterocycles. The summed E-state index contributed by atoms with van der Waals surface area (Å²) in [5.41, 5.74) is 9.04. The zero-order chi connectivity index (χ0) is 13.9. The number of hydrogen-bond donors (Lipinski definition) is 1. The van der Waals surface area contributed by atoms with E-state index < -0.39 is 0 Å². The Hall–Kier alpha value is -1.02. The van der Waals surface area contributed by atoms with Crippen molar-refractivity contribution < 1.29 is 0 Å². The molecular formula is C17H28N2. The smallest absolute Gasteiger partial charge is 0.0526 e. The summed E-state index contributed by atoms with van der Waals surface area (Å²) in [4.78, 5) is 2.55. The summed E-state index contributed by atoms with van der Waals surface area (Å²) in [6.45, 7) is 8.58. The number of anilines is 1. The lowest BCUT2D eigenvalue weighted by Gasteiger charge is -2.49. The molecule has 106 valence electrons. The van der Waals surface area contributed by atoms with Gasteiger partial charge < -0.3 is 10.6 Å². The first kappa shape index (κ1) is 14.4. The zero-order valence-corrected chi connectivity index (χ0v) is 12.7. The molecule has 1 saturated carbocycles. The third-order valence-corrected chi connectivity index (χ3v) is 4.65. The van der Waals surface area contributed by atoms with Crippen molar-refractivity contribution in [3.63, 3.8) is 0 Å². The van der Waals surface area contributed by atoms with Gasteiger partial charge in [-0.3, -0.25) is 0 Å². The highest BCUT2D eigenvalue weighted by Gasteiger charge is 2.38. The van der Waals surface area contributed by atoms with Crippen molar-refractivity contribution in [2.75, 3.05) is 18.0 Å². The molecule has 1 aromatic carbocycles. The Balaban J connectivity index is 2.33. The van der Waals surface area contributed by atoms with Gasteiger partial charge in [0.1, 0.15) is 0 Å². The first-order valence-electron chi connectivity index (χ1n) is 7.65. The molecule has 1 aromatic rings. The third-order valence-electron chi connectivity index (χ3n) is 4.65. The average Bonchev–Trinajstić information content (AvgIpc) is 2.39. The van der Waals surface area contributed by atoms with Crippen LogP contribution in [0.5, 0.6) is 0 Å². The van der Waals surface area contributed by atoms with Crippen LogP contribution in [-0.2, 0) is 0 Å². The lowest BCUT2D eigenvalue weighted by atomic mass is 9.75. The number of nitrogens with zero attached hydrogens (tertiary/aromatic N) is 1. The molecule has 1 aliphatic carbocycles. The minimum atomic E-state index is 0.167. The molecule has 0 aliphatic heterocycles. The van der Waals surface area contributed by atoms with Crippen molar-refractivity contribution in [1.82, 2.24) is 0 Å². The summed E-state index contributed by atoms with van der Waals surface area (Å²) < 4.78 is 0. The molecule has 0 heterocycles. The zero-order valence-electron chi connectivity index (χ0n) is 12.7. The van der Waals surface area contributed by atoms with E-state index in [1.165, 1.54) is 36.9 Å². The maximum atomic E-state index is 6.21. The Morgan fingerprint density at radius 3 is 2.79 bits per heavy atom. The molecule has 19 heavy (non-hydrogen) atoms. The SMILES string of the molecule is CCN(c1cccc(C)c1)C1(CN)CCCC(C)C1. The van der Waals surface area contributed by atoms with Gasteiger partial charge in [-0.15, -0.1) is 0 Å². The predicted octanol–water partition coefficient (Wildman–Crippen LogP) is 3.73. The molecule has 0 aromatic heterocycles. The van der Waals surface area contributed by atoms with E-state index in [1.54, 1.807) is 0 Å². The Labute approximate surface area is 118 Å². The van der Waals surface area contributed by atoms with Gasteiger partial charge in [-0.05, 0) is 50.3 Å². The van der Waals surface area contributed by atoms with Gasteiger partial charge >= 0.3 is 0 Å². The van der Waals surface area contributed by atoms with E-state index in [4.69, 9.17) is 5.73 Å². The van der Waals surface area contributed by atoms with Crippen LogP contribution in [0.1, 0.15) is 45.1 Å². The van der Waals surface area contributed by atoms with Gasteiger partial charge in [0, 0.05) is 18.8 Å². The summed E-state index contributed by atoms with van der Waals surface area (Å²) >= 11 is 0. The van der Waals surface area contributed by atoms with Crippen LogP contribution >= 0.6 is 0 Å². The summed E-state index contributed by atoms with van der Waals surface area (Å²) in [6, 6.07) is 8.84. The summed E-state index contributed by atoms with van der Waals surface area (Å²) in [6.07, 6.45) is 5.12.